The SMILES string of the molecule is CCc1cccc(NC(=O)Cn2cccc(-c3nc(-c4ccccc4)no3)c2=O)c1. The molecule has 0 bridgehead atoms. The summed E-state index contributed by atoms with van der Waals surface area (Å²) in [5, 5.41) is 6.78. The minimum absolute atomic E-state index is 0.115. The number of hydrogen-bond donors (Lipinski definition) is 1. The molecular formula is C23H20N4O3. The summed E-state index contributed by atoms with van der Waals surface area (Å²) in [5.41, 5.74) is 2.48. The van der Waals surface area contributed by atoms with E-state index in [-0.39, 0.29) is 29.5 Å². The fourth-order valence-corrected chi connectivity index (χ4v) is 3.09. The molecule has 4 aromatic rings. The second-order valence-electron chi connectivity index (χ2n) is 6.75. The molecule has 0 saturated heterocycles. The Bertz CT molecular complexity index is 1230. The van der Waals surface area contributed by atoms with Crippen LogP contribution in [-0.4, -0.2) is 20.6 Å². The average molecular weight is 400 g/mol. The average Bonchev–Trinajstić information content (AvgIpc) is 3.26. The van der Waals surface area contributed by atoms with Crippen LogP contribution in [-0.2, 0) is 17.8 Å². The van der Waals surface area contributed by atoms with E-state index < -0.39 is 0 Å². The number of anilines is 1. The Morgan fingerprint density at radius 3 is 2.70 bits per heavy atom. The topological polar surface area (TPSA) is 90.0 Å². The predicted octanol–water partition coefficient (Wildman–Crippen LogP) is 3.77. The van der Waals surface area contributed by atoms with Crippen LogP contribution in [0, 0.1) is 0 Å². The number of benzene rings is 2. The van der Waals surface area contributed by atoms with Crippen LogP contribution in [0.3, 0.4) is 0 Å². The van der Waals surface area contributed by atoms with Gasteiger partial charge in [-0.05, 0) is 36.2 Å². The number of aryl methyl sites for hydroxylation is 1. The predicted molar refractivity (Wildman–Crippen MR) is 114 cm³/mol. The third-order valence-corrected chi connectivity index (χ3v) is 4.64. The molecule has 2 heterocycles. The maximum absolute atomic E-state index is 12.9. The van der Waals surface area contributed by atoms with E-state index in [9.17, 15) is 9.59 Å². The number of pyridine rings is 1. The highest BCUT2D eigenvalue weighted by Crippen LogP contribution is 2.19. The van der Waals surface area contributed by atoms with Crippen LogP contribution >= 0.6 is 0 Å². The van der Waals surface area contributed by atoms with Gasteiger partial charge < -0.3 is 14.4 Å². The van der Waals surface area contributed by atoms with Gasteiger partial charge in [0.05, 0.1) is 0 Å². The Morgan fingerprint density at radius 2 is 1.90 bits per heavy atom. The van der Waals surface area contributed by atoms with Crippen LogP contribution in [0.25, 0.3) is 22.8 Å². The first-order valence-electron chi connectivity index (χ1n) is 9.62. The molecule has 0 radical (unpaired) electrons. The molecule has 7 heteroatoms. The summed E-state index contributed by atoms with van der Waals surface area (Å²) in [5.74, 6) is 0.219. The van der Waals surface area contributed by atoms with Crippen LogP contribution in [0.15, 0.2) is 82.2 Å². The summed E-state index contributed by atoms with van der Waals surface area (Å²) in [7, 11) is 0. The highest BCUT2D eigenvalue weighted by molar-refractivity contribution is 5.90. The van der Waals surface area contributed by atoms with Crippen molar-refractivity contribution < 1.29 is 9.32 Å². The largest absolute Gasteiger partial charge is 0.333 e. The molecule has 7 nitrogen and oxygen atoms in total. The minimum Gasteiger partial charge on any atom is -0.333 e. The van der Waals surface area contributed by atoms with E-state index in [0.717, 1.165) is 17.5 Å². The van der Waals surface area contributed by atoms with Crippen LogP contribution in [0.2, 0.25) is 0 Å². The van der Waals surface area contributed by atoms with Crippen molar-refractivity contribution in [1.29, 1.82) is 0 Å². The molecule has 0 aliphatic carbocycles. The van der Waals surface area contributed by atoms with E-state index in [1.54, 1.807) is 18.3 Å². The van der Waals surface area contributed by atoms with Gasteiger partial charge >= 0.3 is 0 Å². The fourth-order valence-electron chi connectivity index (χ4n) is 3.09. The molecule has 0 atom stereocenters. The van der Waals surface area contributed by atoms with E-state index in [0.29, 0.717) is 11.5 Å². The van der Waals surface area contributed by atoms with Gasteiger partial charge in [-0.3, -0.25) is 9.59 Å². The number of carbonyl (C=O) groups is 1. The number of nitrogens with one attached hydrogen (secondary N) is 1. The Kier molecular flexibility index (Phi) is 5.52. The van der Waals surface area contributed by atoms with Gasteiger partial charge in [-0.25, -0.2) is 0 Å². The van der Waals surface area contributed by atoms with Crippen LogP contribution in [0.5, 0.6) is 0 Å². The minimum atomic E-state index is -0.377. The summed E-state index contributed by atoms with van der Waals surface area (Å²) < 4.78 is 6.61. The van der Waals surface area contributed by atoms with Gasteiger partial charge in [0, 0.05) is 17.4 Å². The molecule has 0 saturated carbocycles. The number of hydrogen-bond acceptors (Lipinski definition) is 5. The Labute approximate surface area is 173 Å². The molecule has 30 heavy (non-hydrogen) atoms. The zero-order valence-corrected chi connectivity index (χ0v) is 16.4. The fraction of sp³-hybridized carbons (Fsp3) is 0.130. The van der Waals surface area contributed by atoms with Crippen molar-refractivity contribution >= 4 is 11.6 Å². The molecule has 2 aromatic heterocycles. The van der Waals surface area contributed by atoms with E-state index in [1.165, 1.54) is 4.57 Å². The Balaban J connectivity index is 1.54. The molecule has 1 amide bonds. The van der Waals surface area contributed by atoms with Gasteiger partial charge in [-0.2, -0.15) is 4.98 Å². The summed E-state index contributed by atoms with van der Waals surface area (Å²) >= 11 is 0. The lowest BCUT2D eigenvalue weighted by atomic mass is 10.1. The number of amides is 1. The van der Waals surface area contributed by atoms with Crippen molar-refractivity contribution in [2.45, 2.75) is 19.9 Å². The quantitative estimate of drug-likeness (QED) is 0.532. The second-order valence-corrected chi connectivity index (χ2v) is 6.75. The Hall–Kier alpha value is -4.00. The number of aromatic nitrogens is 3. The van der Waals surface area contributed by atoms with Crippen LogP contribution < -0.4 is 10.9 Å². The number of rotatable bonds is 6. The summed E-state index contributed by atoms with van der Waals surface area (Å²) in [4.78, 5) is 29.6. The lowest BCUT2D eigenvalue weighted by Gasteiger charge is -2.09. The van der Waals surface area contributed by atoms with Crippen molar-refractivity contribution in [2.24, 2.45) is 0 Å². The van der Waals surface area contributed by atoms with E-state index >= 15 is 0 Å². The van der Waals surface area contributed by atoms with Crippen LogP contribution in [0.1, 0.15) is 12.5 Å². The first kappa shape index (κ1) is 19.3. The van der Waals surface area contributed by atoms with Gasteiger partial charge in [0.15, 0.2) is 0 Å². The molecule has 2 aromatic carbocycles. The third kappa shape index (κ3) is 4.20. The molecule has 0 aliphatic rings. The molecular weight excluding hydrogens is 380 g/mol. The van der Waals surface area contributed by atoms with Gasteiger partial charge in [0.25, 0.3) is 11.4 Å². The van der Waals surface area contributed by atoms with Crippen molar-refractivity contribution in [3.8, 4) is 22.8 Å². The molecule has 0 spiro atoms. The molecule has 0 fully saturated rings. The van der Waals surface area contributed by atoms with Gasteiger partial charge in [-0.1, -0.05) is 54.5 Å². The first-order valence-corrected chi connectivity index (χ1v) is 9.62. The maximum Gasteiger partial charge on any atom is 0.263 e. The van der Waals surface area contributed by atoms with Crippen molar-refractivity contribution in [2.75, 3.05) is 5.32 Å². The molecule has 150 valence electrons. The van der Waals surface area contributed by atoms with E-state index in [4.69, 9.17) is 4.52 Å². The summed E-state index contributed by atoms with van der Waals surface area (Å²) in [6.07, 6.45) is 2.43. The lowest BCUT2D eigenvalue weighted by molar-refractivity contribution is -0.116. The molecule has 1 N–H and O–H groups in total. The zero-order chi connectivity index (χ0) is 20.9. The number of nitrogens with zero attached hydrogens (tertiary/aromatic N) is 3. The summed E-state index contributed by atoms with van der Waals surface area (Å²) in [6.45, 7) is 1.93. The zero-order valence-electron chi connectivity index (χ0n) is 16.4. The lowest BCUT2D eigenvalue weighted by Crippen LogP contribution is -2.28. The van der Waals surface area contributed by atoms with Gasteiger partial charge in [-0.15, -0.1) is 0 Å². The standard InChI is InChI=1S/C23H20N4O3/c1-2-16-8-6-11-18(14-16)24-20(28)15-27-13-7-12-19(23(27)29)22-25-21(26-30-22)17-9-4-3-5-10-17/h3-14H,2,15H2,1H3,(H,24,28). The van der Waals surface area contributed by atoms with Crippen molar-refractivity contribution in [1.82, 2.24) is 14.7 Å². The smallest absolute Gasteiger partial charge is 0.263 e. The monoisotopic (exact) mass is 400 g/mol. The Morgan fingerprint density at radius 1 is 1.07 bits per heavy atom. The van der Waals surface area contributed by atoms with E-state index in [2.05, 4.69) is 15.5 Å². The highest BCUT2D eigenvalue weighted by Gasteiger charge is 2.16. The van der Waals surface area contributed by atoms with Crippen LogP contribution in [0.4, 0.5) is 5.69 Å². The van der Waals surface area contributed by atoms with Gasteiger partial charge in [0.1, 0.15) is 12.1 Å². The highest BCUT2D eigenvalue weighted by atomic mass is 16.5. The van der Waals surface area contributed by atoms with E-state index in [1.807, 2.05) is 61.5 Å². The first-order chi connectivity index (χ1) is 14.6. The molecule has 4 rings (SSSR count). The number of carbonyl (C=O) groups excluding carboxylic acids is 1. The normalized spacial score (nSPS) is 10.7. The third-order valence-electron chi connectivity index (χ3n) is 4.64. The molecule has 0 aliphatic heterocycles. The maximum atomic E-state index is 12.9. The summed E-state index contributed by atoms with van der Waals surface area (Å²) in [6, 6.07) is 20.2. The van der Waals surface area contributed by atoms with Crippen molar-refractivity contribution in [3.63, 3.8) is 0 Å². The molecule has 0 unspecified atom stereocenters. The second kappa shape index (κ2) is 8.57. The van der Waals surface area contributed by atoms with Crippen molar-refractivity contribution in [3.05, 3.63) is 88.8 Å². The van der Waals surface area contributed by atoms with Gasteiger partial charge in [0.2, 0.25) is 11.7 Å².